The van der Waals surface area contributed by atoms with Crippen LogP contribution in [0.2, 0.25) is 0 Å². The summed E-state index contributed by atoms with van der Waals surface area (Å²) < 4.78 is 27.4. The fourth-order valence-electron chi connectivity index (χ4n) is 3.76. The summed E-state index contributed by atoms with van der Waals surface area (Å²) in [6, 6.07) is 0. The minimum absolute atomic E-state index is 0.190. The summed E-state index contributed by atoms with van der Waals surface area (Å²) in [7, 11) is -1.70. The molecule has 1 heterocycles. The van der Waals surface area contributed by atoms with Crippen LogP contribution < -0.4 is 10.0 Å². The van der Waals surface area contributed by atoms with Gasteiger partial charge < -0.3 is 5.32 Å². The van der Waals surface area contributed by atoms with Gasteiger partial charge in [-0.2, -0.15) is 5.10 Å². The lowest BCUT2D eigenvalue weighted by Gasteiger charge is -2.21. The number of hydrogen-bond donors (Lipinski definition) is 3. The summed E-state index contributed by atoms with van der Waals surface area (Å²) in [6.45, 7) is 1.04. The number of H-pyrrole nitrogens is 1. The lowest BCUT2D eigenvalue weighted by molar-refractivity contribution is 0.332. The summed E-state index contributed by atoms with van der Waals surface area (Å²) in [6.07, 6.45) is 6.64. The van der Waals surface area contributed by atoms with Crippen LogP contribution in [0.5, 0.6) is 0 Å². The van der Waals surface area contributed by atoms with E-state index in [-0.39, 0.29) is 5.03 Å². The van der Waals surface area contributed by atoms with Gasteiger partial charge in [-0.25, -0.2) is 13.1 Å². The number of aromatic nitrogens is 2. The molecule has 6 nitrogen and oxygen atoms in total. The van der Waals surface area contributed by atoms with E-state index in [0.29, 0.717) is 24.6 Å². The van der Waals surface area contributed by atoms with Gasteiger partial charge in [-0.1, -0.05) is 6.42 Å². The van der Waals surface area contributed by atoms with E-state index in [9.17, 15) is 8.42 Å². The number of rotatable bonds is 6. The van der Waals surface area contributed by atoms with Crippen LogP contribution >= 0.6 is 0 Å². The first-order chi connectivity index (χ1) is 9.60. The summed E-state index contributed by atoms with van der Waals surface area (Å²) in [5.41, 5.74) is 0.674. The van der Waals surface area contributed by atoms with Crippen LogP contribution in [0, 0.1) is 17.8 Å². The minimum Gasteiger partial charge on any atom is -0.316 e. The van der Waals surface area contributed by atoms with Gasteiger partial charge >= 0.3 is 0 Å². The van der Waals surface area contributed by atoms with Crippen LogP contribution in [0.1, 0.15) is 31.2 Å². The first-order valence-corrected chi connectivity index (χ1v) is 8.75. The third-order valence-electron chi connectivity index (χ3n) is 4.73. The molecule has 0 radical (unpaired) electrons. The molecule has 3 unspecified atom stereocenters. The van der Waals surface area contributed by atoms with E-state index in [1.165, 1.54) is 25.7 Å². The molecule has 0 aliphatic heterocycles. The lowest BCUT2D eigenvalue weighted by Crippen LogP contribution is -2.32. The van der Waals surface area contributed by atoms with Crippen molar-refractivity contribution in [1.82, 2.24) is 20.2 Å². The molecule has 112 valence electrons. The Bertz CT molecular complexity index is 569. The van der Waals surface area contributed by atoms with Crippen LogP contribution in [0.3, 0.4) is 0 Å². The Morgan fingerprint density at radius 3 is 2.90 bits per heavy atom. The summed E-state index contributed by atoms with van der Waals surface area (Å²) in [4.78, 5) is 0. The van der Waals surface area contributed by atoms with Gasteiger partial charge in [0, 0.05) is 18.7 Å². The van der Waals surface area contributed by atoms with Crippen molar-refractivity contribution in [3.63, 3.8) is 0 Å². The molecule has 3 atom stereocenters. The molecule has 0 amide bonds. The standard InChI is InChI=1S/C13H22N4O2S/c1-14-6-12-7-15-17-13(12)20(18,19)16-8-11-5-9-2-3-10(11)4-9/h7,9-11,14,16H,2-6,8H2,1H3,(H,15,17). The molecule has 0 spiro atoms. The van der Waals surface area contributed by atoms with Crippen LogP contribution in [0.15, 0.2) is 11.2 Å². The Morgan fingerprint density at radius 2 is 2.25 bits per heavy atom. The molecule has 2 fully saturated rings. The van der Waals surface area contributed by atoms with Crippen LogP contribution in [0.4, 0.5) is 0 Å². The average molecular weight is 298 g/mol. The van der Waals surface area contributed by atoms with Crippen LogP contribution in [-0.4, -0.2) is 32.2 Å². The summed E-state index contributed by atoms with van der Waals surface area (Å²) in [5, 5.41) is 9.58. The van der Waals surface area contributed by atoms with E-state index >= 15 is 0 Å². The van der Waals surface area contributed by atoms with E-state index in [2.05, 4.69) is 20.2 Å². The van der Waals surface area contributed by atoms with Gasteiger partial charge in [0.15, 0.2) is 5.03 Å². The van der Waals surface area contributed by atoms with Crippen molar-refractivity contribution in [1.29, 1.82) is 0 Å². The zero-order valence-electron chi connectivity index (χ0n) is 11.7. The Labute approximate surface area is 119 Å². The normalized spacial score (nSPS) is 29.1. The second-order valence-electron chi connectivity index (χ2n) is 6.04. The average Bonchev–Trinajstić information content (AvgIpc) is 3.12. The fraction of sp³-hybridized carbons (Fsp3) is 0.769. The molecule has 1 aromatic heterocycles. The highest BCUT2D eigenvalue weighted by atomic mass is 32.2. The van der Waals surface area contributed by atoms with E-state index in [1.54, 1.807) is 13.2 Å². The smallest absolute Gasteiger partial charge is 0.257 e. The van der Waals surface area contributed by atoms with Crippen LogP contribution in [0.25, 0.3) is 0 Å². The number of nitrogens with one attached hydrogen (secondary N) is 3. The molecule has 2 aliphatic carbocycles. The zero-order valence-corrected chi connectivity index (χ0v) is 12.5. The molecule has 3 N–H and O–H groups in total. The van der Waals surface area contributed by atoms with Crippen molar-refractivity contribution in [2.45, 2.75) is 37.3 Å². The Hall–Kier alpha value is -0.920. The Morgan fingerprint density at radius 1 is 1.40 bits per heavy atom. The van der Waals surface area contributed by atoms with Crippen molar-refractivity contribution in [2.75, 3.05) is 13.6 Å². The maximum atomic E-state index is 12.3. The molecule has 3 rings (SSSR count). The second kappa shape index (κ2) is 5.46. The third kappa shape index (κ3) is 2.62. The van der Waals surface area contributed by atoms with E-state index in [1.807, 2.05) is 0 Å². The van der Waals surface area contributed by atoms with Gasteiger partial charge in [0.2, 0.25) is 0 Å². The molecule has 0 aromatic carbocycles. The van der Waals surface area contributed by atoms with Gasteiger partial charge in [0.1, 0.15) is 0 Å². The molecule has 2 aliphatic rings. The molecular formula is C13H22N4O2S. The predicted octanol–water partition coefficient (Wildman–Crippen LogP) is 0.844. The molecule has 0 saturated heterocycles. The quantitative estimate of drug-likeness (QED) is 0.726. The molecular weight excluding hydrogens is 276 g/mol. The zero-order chi connectivity index (χ0) is 14.2. The SMILES string of the molecule is CNCc1cn[nH]c1S(=O)(=O)NCC1CC2CCC1C2. The maximum Gasteiger partial charge on any atom is 0.257 e. The Balaban J connectivity index is 1.65. The summed E-state index contributed by atoms with van der Waals surface area (Å²) in [5.74, 6) is 2.07. The lowest BCUT2D eigenvalue weighted by atomic mass is 9.89. The molecule has 2 saturated carbocycles. The van der Waals surface area contributed by atoms with Crippen molar-refractivity contribution >= 4 is 10.0 Å². The van der Waals surface area contributed by atoms with Gasteiger partial charge in [0.25, 0.3) is 10.0 Å². The topological polar surface area (TPSA) is 86.9 Å². The second-order valence-corrected chi connectivity index (χ2v) is 7.75. The highest BCUT2D eigenvalue weighted by Gasteiger charge is 2.39. The molecule has 7 heteroatoms. The van der Waals surface area contributed by atoms with Gasteiger partial charge in [0.05, 0.1) is 6.20 Å². The number of nitrogens with zero attached hydrogens (tertiary/aromatic N) is 1. The third-order valence-corrected chi connectivity index (χ3v) is 6.17. The van der Waals surface area contributed by atoms with Crippen molar-refractivity contribution in [2.24, 2.45) is 17.8 Å². The number of aromatic amines is 1. The maximum absolute atomic E-state index is 12.3. The van der Waals surface area contributed by atoms with Crippen molar-refractivity contribution < 1.29 is 8.42 Å². The van der Waals surface area contributed by atoms with Gasteiger partial charge in [-0.05, 0) is 44.1 Å². The van der Waals surface area contributed by atoms with E-state index in [0.717, 1.165) is 11.8 Å². The predicted molar refractivity (Wildman–Crippen MR) is 75.5 cm³/mol. The van der Waals surface area contributed by atoms with Gasteiger partial charge in [-0.15, -0.1) is 0 Å². The van der Waals surface area contributed by atoms with Crippen molar-refractivity contribution in [3.8, 4) is 0 Å². The fourth-order valence-corrected chi connectivity index (χ4v) is 4.98. The number of sulfonamides is 1. The first kappa shape index (κ1) is 14.0. The molecule has 1 aromatic rings. The number of hydrogen-bond acceptors (Lipinski definition) is 4. The van der Waals surface area contributed by atoms with E-state index in [4.69, 9.17) is 0 Å². The summed E-state index contributed by atoms with van der Waals surface area (Å²) >= 11 is 0. The monoisotopic (exact) mass is 298 g/mol. The number of fused-ring (bicyclic) bond motifs is 2. The van der Waals surface area contributed by atoms with Crippen LogP contribution in [-0.2, 0) is 16.6 Å². The van der Waals surface area contributed by atoms with E-state index < -0.39 is 10.0 Å². The highest BCUT2D eigenvalue weighted by molar-refractivity contribution is 7.89. The highest BCUT2D eigenvalue weighted by Crippen LogP contribution is 2.48. The molecule has 2 bridgehead atoms. The largest absolute Gasteiger partial charge is 0.316 e. The van der Waals surface area contributed by atoms with Crippen molar-refractivity contribution in [3.05, 3.63) is 11.8 Å². The first-order valence-electron chi connectivity index (χ1n) is 7.26. The molecule has 20 heavy (non-hydrogen) atoms. The minimum atomic E-state index is -3.48. The van der Waals surface area contributed by atoms with Gasteiger partial charge in [-0.3, -0.25) is 5.10 Å². The Kier molecular flexibility index (Phi) is 3.83.